The first-order chi connectivity index (χ1) is 18.8. The zero-order valence-electron chi connectivity index (χ0n) is 23.0. The molecule has 0 aliphatic carbocycles. The van der Waals surface area contributed by atoms with Gasteiger partial charge in [0, 0.05) is 29.6 Å². The lowest BCUT2D eigenvalue weighted by Crippen LogP contribution is -2.40. The Bertz CT molecular complexity index is 1410. The predicted octanol–water partition coefficient (Wildman–Crippen LogP) is 5.60. The predicted molar refractivity (Wildman–Crippen MR) is 153 cm³/mol. The highest BCUT2D eigenvalue weighted by atomic mass is 16.5. The number of carbonyl (C=O) groups is 2. The summed E-state index contributed by atoms with van der Waals surface area (Å²) >= 11 is 0. The summed E-state index contributed by atoms with van der Waals surface area (Å²) in [5, 5.41) is 2.93. The molecule has 8 heteroatoms. The van der Waals surface area contributed by atoms with E-state index in [4.69, 9.17) is 14.5 Å². The molecule has 8 nitrogen and oxygen atoms in total. The first-order valence-corrected chi connectivity index (χ1v) is 12.8. The fourth-order valence-corrected chi connectivity index (χ4v) is 4.19. The molecule has 1 aromatic heterocycles. The van der Waals surface area contributed by atoms with Gasteiger partial charge in [-0.25, -0.2) is 4.98 Å². The second kappa shape index (κ2) is 12.3. The average molecular weight is 527 g/mol. The Hall–Kier alpha value is -4.59. The van der Waals surface area contributed by atoms with Gasteiger partial charge in [0.1, 0.15) is 18.0 Å². The minimum Gasteiger partial charge on any atom is -0.497 e. The molecule has 2 amide bonds. The van der Waals surface area contributed by atoms with E-state index in [1.54, 1.807) is 31.3 Å². The van der Waals surface area contributed by atoms with Gasteiger partial charge in [-0.1, -0.05) is 31.5 Å². The topological polar surface area (TPSA) is 85.7 Å². The molecule has 0 unspecified atom stereocenters. The number of rotatable bonds is 10. The molecule has 0 radical (unpaired) electrons. The highest BCUT2D eigenvalue weighted by molar-refractivity contribution is 5.99. The van der Waals surface area contributed by atoms with E-state index < -0.39 is 0 Å². The smallest absolute Gasteiger partial charge is 0.254 e. The van der Waals surface area contributed by atoms with Crippen molar-refractivity contribution in [1.29, 1.82) is 0 Å². The molecule has 0 saturated heterocycles. The van der Waals surface area contributed by atoms with Crippen LogP contribution >= 0.6 is 0 Å². The molecule has 4 rings (SSSR count). The summed E-state index contributed by atoms with van der Waals surface area (Å²) in [5.74, 6) is 1.48. The molecule has 0 atom stereocenters. The standard InChI is InChI=1S/C31H34N4O4/c1-21(2)18-34(30(37)24-8-6-22(3)7-9-24)20-29(36)33-31-32-28(23-10-14-26(38-4)15-11-23)19-35(31)25-12-16-27(39-5)17-13-25/h6-17,19,21H,18,20H2,1-5H3,(H,32,33,36). The van der Waals surface area contributed by atoms with Gasteiger partial charge >= 0.3 is 0 Å². The highest BCUT2D eigenvalue weighted by Crippen LogP contribution is 2.27. The first-order valence-electron chi connectivity index (χ1n) is 12.8. The zero-order valence-corrected chi connectivity index (χ0v) is 23.0. The number of hydrogen-bond donors (Lipinski definition) is 1. The molecule has 0 fully saturated rings. The molecular weight excluding hydrogens is 492 g/mol. The normalized spacial score (nSPS) is 10.8. The summed E-state index contributed by atoms with van der Waals surface area (Å²) < 4.78 is 12.4. The van der Waals surface area contributed by atoms with Crippen molar-refractivity contribution in [2.75, 3.05) is 32.6 Å². The highest BCUT2D eigenvalue weighted by Gasteiger charge is 2.22. The second-order valence-corrected chi connectivity index (χ2v) is 9.74. The van der Waals surface area contributed by atoms with Crippen LogP contribution in [0.5, 0.6) is 11.5 Å². The number of benzene rings is 3. The van der Waals surface area contributed by atoms with Crippen molar-refractivity contribution in [2.45, 2.75) is 20.8 Å². The van der Waals surface area contributed by atoms with Crippen LogP contribution in [0.4, 0.5) is 5.95 Å². The third-order valence-electron chi connectivity index (χ3n) is 6.20. The van der Waals surface area contributed by atoms with E-state index in [-0.39, 0.29) is 24.3 Å². The second-order valence-electron chi connectivity index (χ2n) is 9.74. The Labute approximate surface area is 229 Å². The van der Waals surface area contributed by atoms with E-state index in [0.29, 0.717) is 23.8 Å². The van der Waals surface area contributed by atoms with E-state index in [0.717, 1.165) is 28.3 Å². The minimum absolute atomic E-state index is 0.0990. The molecule has 1 N–H and O–H groups in total. The number of anilines is 1. The average Bonchev–Trinajstić information content (AvgIpc) is 3.36. The van der Waals surface area contributed by atoms with Gasteiger partial charge in [-0.2, -0.15) is 0 Å². The van der Waals surface area contributed by atoms with Gasteiger partial charge < -0.3 is 14.4 Å². The van der Waals surface area contributed by atoms with Gasteiger partial charge in [0.2, 0.25) is 11.9 Å². The van der Waals surface area contributed by atoms with E-state index in [1.165, 1.54) is 0 Å². The van der Waals surface area contributed by atoms with Crippen molar-refractivity contribution in [2.24, 2.45) is 5.92 Å². The number of ether oxygens (including phenoxy) is 2. The molecule has 3 aromatic carbocycles. The number of methoxy groups -OCH3 is 2. The van der Waals surface area contributed by atoms with Crippen LogP contribution in [-0.4, -0.2) is 53.6 Å². The van der Waals surface area contributed by atoms with Crippen LogP contribution in [0.3, 0.4) is 0 Å². The van der Waals surface area contributed by atoms with Gasteiger partial charge in [0.15, 0.2) is 0 Å². The molecule has 0 saturated carbocycles. The third-order valence-corrected chi connectivity index (χ3v) is 6.20. The van der Waals surface area contributed by atoms with Crippen LogP contribution in [0.25, 0.3) is 16.9 Å². The number of aryl methyl sites for hydroxylation is 1. The van der Waals surface area contributed by atoms with Crippen molar-refractivity contribution in [3.8, 4) is 28.4 Å². The van der Waals surface area contributed by atoms with Crippen LogP contribution in [-0.2, 0) is 4.79 Å². The maximum Gasteiger partial charge on any atom is 0.254 e. The number of nitrogens with one attached hydrogen (secondary N) is 1. The first kappa shape index (κ1) is 27.4. The molecule has 1 heterocycles. The minimum atomic E-state index is -0.335. The van der Waals surface area contributed by atoms with Gasteiger partial charge in [0.05, 0.1) is 19.9 Å². The van der Waals surface area contributed by atoms with Gasteiger partial charge in [-0.15, -0.1) is 0 Å². The molecule has 202 valence electrons. The van der Waals surface area contributed by atoms with E-state index in [2.05, 4.69) is 5.32 Å². The van der Waals surface area contributed by atoms with Crippen LogP contribution in [0.2, 0.25) is 0 Å². The Morgan fingerprint density at radius 1 is 0.897 bits per heavy atom. The number of aromatic nitrogens is 2. The van der Waals surface area contributed by atoms with Gasteiger partial charge in [-0.05, 0) is 73.5 Å². The van der Waals surface area contributed by atoms with Crippen molar-refractivity contribution < 1.29 is 19.1 Å². The molecule has 39 heavy (non-hydrogen) atoms. The fourth-order valence-electron chi connectivity index (χ4n) is 4.19. The Balaban J connectivity index is 1.62. The number of nitrogens with zero attached hydrogens (tertiary/aromatic N) is 3. The lowest BCUT2D eigenvalue weighted by Gasteiger charge is -2.24. The third kappa shape index (κ3) is 6.84. The summed E-state index contributed by atoms with van der Waals surface area (Å²) in [7, 11) is 3.23. The summed E-state index contributed by atoms with van der Waals surface area (Å²) in [5.41, 5.74) is 3.97. The lowest BCUT2D eigenvalue weighted by atomic mass is 10.1. The quantitative estimate of drug-likeness (QED) is 0.291. The van der Waals surface area contributed by atoms with Crippen molar-refractivity contribution in [3.63, 3.8) is 0 Å². The van der Waals surface area contributed by atoms with Gasteiger partial charge in [-0.3, -0.25) is 19.5 Å². The molecule has 0 aliphatic rings. The Kier molecular flexibility index (Phi) is 8.66. The lowest BCUT2D eigenvalue weighted by molar-refractivity contribution is -0.117. The van der Waals surface area contributed by atoms with Crippen LogP contribution < -0.4 is 14.8 Å². The Morgan fingerprint density at radius 2 is 1.49 bits per heavy atom. The Morgan fingerprint density at radius 3 is 2.05 bits per heavy atom. The van der Waals surface area contributed by atoms with E-state index in [1.807, 2.05) is 92.2 Å². The summed E-state index contributed by atoms with van der Waals surface area (Å²) in [4.78, 5) is 32.9. The van der Waals surface area contributed by atoms with E-state index in [9.17, 15) is 9.59 Å². The monoisotopic (exact) mass is 526 g/mol. The maximum atomic E-state index is 13.3. The van der Waals surface area contributed by atoms with Crippen LogP contribution in [0, 0.1) is 12.8 Å². The van der Waals surface area contributed by atoms with Crippen LogP contribution in [0.1, 0.15) is 29.8 Å². The van der Waals surface area contributed by atoms with Crippen molar-refractivity contribution >= 4 is 17.8 Å². The number of carbonyl (C=O) groups excluding carboxylic acids is 2. The summed E-state index contributed by atoms with van der Waals surface area (Å²) in [6.45, 7) is 6.36. The largest absolute Gasteiger partial charge is 0.497 e. The summed E-state index contributed by atoms with van der Waals surface area (Å²) in [6, 6.07) is 22.4. The van der Waals surface area contributed by atoms with Crippen molar-refractivity contribution in [3.05, 3.63) is 90.1 Å². The molecule has 0 aliphatic heterocycles. The number of amides is 2. The van der Waals surface area contributed by atoms with Gasteiger partial charge in [0.25, 0.3) is 5.91 Å². The molecule has 0 spiro atoms. The number of hydrogen-bond acceptors (Lipinski definition) is 5. The number of imidazole rings is 1. The van der Waals surface area contributed by atoms with E-state index >= 15 is 0 Å². The van der Waals surface area contributed by atoms with Crippen LogP contribution in [0.15, 0.2) is 79.0 Å². The molecular formula is C31H34N4O4. The summed E-state index contributed by atoms with van der Waals surface area (Å²) in [6.07, 6.45) is 1.86. The SMILES string of the molecule is COc1ccc(-c2cn(-c3ccc(OC)cc3)c(NC(=O)CN(CC(C)C)C(=O)c3ccc(C)cc3)n2)cc1. The van der Waals surface area contributed by atoms with Crippen molar-refractivity contribution in [1.82, 2.24) is 14.5 Å². The fraction of sp³-hybridized carbons (Fsp3) is 0.258. The molecule has 4 aromatic rings. The zero-order chi connectivity index (χ0) is 27.9. The molecule has 0 bridgehead atoms. The maximum absolute atomic E-state index is 13.3.